The van der Waals surface area contributed by atoms with Crippen LogP contribution in [-0.2, 0) is 14.4 Å². The first-order valence-electron chi connectivity index (χ1n) is 11.6. The van der Waals surface area contributed by atoms with Crippen LogP contribution in [0.4, 0.5) is 0 Å². The SMILES string of the molecule is O=C(C=Cc1ccc(C=C(C(=O)NC2CC2)c2ccccc2)cc1)NCCCCCC(=O)NO. The lowest BCUT2D eigenvalue weighted by molar-refractivity contribution is -0.129. The minimum absolute atomic E-state index is 0.0639. The first-order chi connectivity index (χ1) is 16.5. The molecular weight excluding hydrogens is 430 g/mol. The molecule has 1 aliphatic carbocycles. The molecule has 7 heteroatoms. The van der Waals surface area contributed by atoms with Crippen LogP contribution in [0.1, 0.15) is 55.2 Å². The highest BCUT2D eigenvalue weighted by Gasteiger charge is 2.25. The zero-order valence-electron chi connectivity index (χ0n) is 19.1. The van der Waals surface area contributed by atoms with Crippen molar-refractivity contribution in [1.29, 1.82) is 0 Å². The number of rotatable bonds is 12. The van der Waals surface area contributed by atoms with Gasteiger partial charge in [-0.15, -0.1) is 0 Å². The molecule has 1 aliphatic rings. The summed E-state index contributed by atoms with van der Waals surface area (Å²) >= 11 is 0. The average molecular weight is 462 g/mol. The molecule has 1 saturated carbocycles. The van der Waals surface area contributed by atoms with E-state index >= 15 is 0 Å². The Morgan fingerprint density at radius 2 is 1.62 bits per heavy atom. The van der Waals surface area contributed by atoms with Crippen LogP contribution in [-0.4, -0.2) is 35.5 Å². The summed E-state index contributed by atoms with van der Waals surface area (Å²) in [5.74, 6) is -0.641. The molecule has 1 fully saturated rings. The first kappa shape index (κ1) is 24.9. The molecule has 0 aliphatic heterocycles. The number of unbranched alkanes of at least 4 members (excludes halogenated alkanes) is 2. The Balaban J connectivity index is 1.52. The number of amides is 3. The van der Waals surface area contributed by atoms with E-state index < -0.39 is 5.91 Å². The van der Waals surface area contributed by atoms with Gasteiger partial charge in [-0.05, 0) is 54.5 Å². The number of benzene rings is 2. The second-order valence-corrected chi connectivity index (χ2v) is 8.31. The van der Waals surface area contributed by atoms with Gasteiger partial charge in [0.05, 0.1) is 0 Å². The molecule has 0 heterocycles. The van der Waals surface area contributed by atoms with Gasteiger partial charge in [0.15, 0.2) is 0 Å². The van der Waals surface area contributed by atoms with E-state index in [1.165, 1.54) is 6.08 Å². The maximum atomic E-state index is 12.8. The van der Waals surface area contributed by atoms with Gasteiger partial charge in [-0.1, -0.05) is 61.0 Å². The summed E-state index contributed by atoms with van der Waals surface area (Å²) in [7, 11) is 0. The van der Waals surface area contributed by atoms with E-state index in [9.17, 15) is 14.4 Å². The number of hydrogen-bond donors (Lipinski definition) is 4. The van der Waals surface area contributed by atoms with Crippen molar-refractivity contribution < 1.29 is 19.6 Å². The first-order valence-corrected chi connectivity index (χ1v) is 11.6. The van der Waals surface area contributed by atoms with Crippen molar-refractivity contribution >= 4 is 35.4 Å². The van der Waals surface area contributed by atoms with Crippen molar-refractivity contribution in [3.63, 3.8) is 0 Å². The van der Waals surface area contributed by atoms with Gasteiger partial charge >= 0.3 is 0 Å². The summed E-state index contributed by atoms with van der Waals surface area (Å²) in [4.78, 5) is 35.7. The highest BCUT2D eigenvalue weighted by atomic mass is 16.5. The van der Waals surface area contributed by atoms with Gasteiger partial charge in [0, 0.05) is 30.7 Å². The minimum atomic E-state index is -0.397. The summed E-state index contributed by atoms with van der Waals surface area (Å²) in [6.45, 7) is 0.527. The Hall–Kier alpha value is -3.71. The smallest absolute Gasteiger partial charge is 0.252 e. The highest BCUT2D eigenvalue weighted by molar-refractivity contribution is 6.24. The van der Waals surface area contributed by atoms with Crippen LogP contribution in [0, 0.1) is 0 Å². The Morgan fingerprint density at radius 3 is 2.29 bits per heavy atom. The lowest BCUT2D eigenvalue weighted by atomic mass is 10.0. The molecule has 0 radical (unpaired) electrons. The monoisotopic (exact) mass is 461 g/mol. The molecule has 34 heavy (non-hydrogen) atoms. The third-order valence-electron chi connectivity index (χ3n) is 5.42. The van der Waals surface area contributed by atoms with Gasteiger partial charge in [0.1, 0.15) is 0 Å². The summed E-state index contributed by atoms with van der Waals surface area (Å²) in [6.07, 6.45) is 9.66. The fraction of sp³-hybridized carbons (Fsp3) is 0.296. The van der Waals surface area contributed by atoms with Crippen LogP contribution in [0.3, 0.4) is 0 Å². The van der Waals surface area contributed by atoms with Gasteiger partial charge in [-0.25, -0.2) is 5.48 Å². The van der Waals surface area contributed by atoms with E-state index in [-0.39, 0.29) is 24.3 Å². The van der Waals surface area contributed by atoms with Crippen LogP contribution >= 0.6 is 0 Å². The van der Waals surface area contributed by atoms with Crippen LogP contribution in [0.15, 0.2) is 60.7 Å². The second-order valence-electron chi connectivity index (χ2n) is 8.31. The molecule has 0 unspecified atom stereocenters. The predicted octanol–water partition coefficient (Wildman–Crippen LogP) is 3.70. The number of carbonyl (C=O) groups is 3. The minimum Gasteiger partial charge on any atom is -0.353 e. The van der Waals surface area contributed by atoms with E-state index in [1.54, 1.807) is 11.6 Å². The lowest BCUT2D eigenvalue weighted by Gasteiger charge is -2.09. The molecular formula is C27H31N3O4. The van der Waals surface area contributed by atoms with Gasteiger partial charge in [-0.3, -0.25) is 19.6 Å². The number of nitrogens with one attached hydrogen (secondary N) is 3. The van der Waals surface area contributed by atoms with Crippen molar-refractivity contribution in [1.82, 2.24) is 16.1 Å². The standard InChI is InChI=1S/C27H31N3O4/c31-25(28-18-6-2-5-9-26(32)30-34)17-14-20-10-12-21(13-11-20)19-24(22-7-3-1-4-8-22)27(33)29-23-15-16-23/h1,3-4,7-8,10-14,17,19,23,34H,2,5-6,9,15-16,18H2,(H,28,31)(H,29,33)(H,30,32). The van der Waals surface area contributed by atoms with Gasteiger partial charge in [0.25, 0.3) is 5.91 Å². The Labute approximate surface area is 199 Å². The predicted molar refractivity (Wildman–Crippen MR) is 132 cm³/mol. The molecule has 2 aromatic rings. The normalized spacial score (nSPS) is 13.5. The van der Waals surface area contributed by atoms with Gasteiger partial charge < -0.3 is 10.6 Å². The van der Waals surface area contributed by atoms with Crippen molar-refractivity contribution in [3.8, 4) is 0 Å². The fourth-order valence-corrected chi connectivity index (χ4v) is 3.34. The van der Waals surface area contributed by atoms with Crippen LogP contribution in [0.2, 0.25) is 0 Å². The quantitative estimate of drug-likeness (QED) is 0.127. The largest absolute Gasteiger partial charge is 0.353 e. The summed E-state index contributed by atoms with van der Waals surface area (Å²) in [5, 5.41) is 14.3. The van der Waals surface area contributed by atoms with Gasteiger partial charge in [-0.2, -0.15) is 0 Å². The van der Waals surface area contributed by atoms with Crippen LogP contribution in [0.25, 0.3) is 17.7 Å². The molecule has 0 atom stereocenters. The van der Waals surface area contributed by atoms with E-state index in [1.807, 2.05) is 60.7 Å². The molecule has 178 valence electrons. The summed E-state index contributed by atoms with van der Waals surface area (Å²) in [6, 6.07) is 17.6. The van der Waals surface area contributed by atoms with E-state index in [0.717, 1.165) is 42.4 Å². The zero-order valence-corrected chi connectivity index (χ0v) is 19.1. The van der Waals surface area contributed by atoms with E-state index in [4.69, 9.17) is 5.21 Å². The highest BCUT2D eigenvalue weighted by Crippen LogP contribution is 2.23. The third kappa shape index (κ3) is 8.67. The summed E-state index contributed by atoms with van der Waals surface area (Å²) < 4.78 is 0. The van der Waals surface area contributed by atoms with Crippen LogP contribution < -0.4 is 16.1 Å². The van der Waals surface area contributed by atoms with Crippen molar-refractivity contribution in [3.05, 3.63) is 77.4 Å². The van der Waals surface area contributed by atoms with Crippen molar-refractivity contribution in [2.45, 2.75) is 44.6 Å². The van der Waals surface area contributed by atoms with E-state index in [0.29, 0.717) is 18.5 Å². The third-order valence-corrected chi connectivity index (χ3v) is 5.42. The molecule has 0 saturated heterocycles. The van der Waals surface area contributed by atoms with E-state index in [2.05, 4.69) is 10.6 Å². The Kier molecular flexibility index (Phi) is 9.61. The van der Waals surface area contributed by atoms with Crippen molar-refractivity contribution in [2.75, 3.05) is 6.54 Å². The Morgan fingerprint density at radius 1 is 0.912 bits per heavy atom. The molecule has 7 nitrogen and oxygen atoms in total. The lowest BCUT2D eigenvalue weighted by Crippen LogP contribution is -2.26. The maximum absolute atomic E-state index is 12.8. The molecule has 3 amide bonds. The molecule has 3 rings (SSSR count). The number of hydrogen-bond acceptors (Lipinski definition) is 4. The van der Waals surface area contributed by atoms with Crippen LogP contribution in [0.5, 0.6) is 0 Å². The zero-order chi connectivity index (χ0) is 24.2. The molecule has 4 N–H and O–H groups in total. The molecule has 2 aromatic carbocycles. The number of carbonyl (C=O) groups excluding carboxylic acids is 3. The maximum Gasteiger partial charge on any atom is 0.252 e. The van der Waals surface area contributed by atoms with Gasteiger partial charge in [0.2, 0.25) is 11.8 Å². The molecule has 0 aromatic heterocycles. The topological polar surface area (TPSA) is 108 Å². The molecule has 0 spiro atoms. The summed E-state index contributed by atoms with van der Waals surface area (Å²) in [5.41, 5.74) is 4.89. The second kappa shape index (κ2) is 13.1. The average Bonchev–Trinajstić information content (AvgIpc) is 3.68. The Bertz CT molecular complexity index is 1030. The molecule has 0 bridgehead atoms. The van der Waals surface area contributed by atoms with Crippen molar-refractivity contribution in [2.24, 2.45) is 0 Å². The number of hydroxylamine groups is 1. The fourth-order valence-electron chi connectivity index (χ4n) is 3.34.